The van der Waals surface area contributed by atoms with Crippen LogP contribution >= 0.6 is 11.8 Å². The number of carboxylic acid groups (broad SMARTS) is 1. The van der Waals surface area contributed by atoms with E-state index in [1.54, 1.807) is 17.8 Å². The molecule has 2 saturated carbocycles. The van der Waals surface area contributed by atoms with Gasteiger partial charge in [0.05, 0.1) is 16.6 Å². The van der Waals surface area contributed by atoms with E-state index in [1.807, 2.05) is 12.1 Å². The van der Waals surface area contributed by atoms with Crippen LogP contribution in [0.4, 0.5) is 8.78 Å². The summed E-state index contributed by atoms with van der Waals surface area (Å²) in [6.07, 6.45) is 2.96. The largest absolute Gasteiger partial charge is 0.481 e. The number of aliphatic carboxylic acids is 1. The maximum Gasteiger partial charge on any atom is 0.307 e. The number of nitrogens with zero attached hydrogens (tertiary/aromatic N) is 1. The first-order valence-electron chi connectivity index (χ1n) is 8.94. The summed E-state index contributed by atoms with van der Waals surface area (Å²) in [5.41, 5.74) is 0.966. The van der Waals surface area contributed by atoms with Crippen LogP contribution in [0, 0.1) is 23.5 Å². The molecular weight excluding hydrogens is 372 g/mol. The molecule has 4 rings (SSSR count). The standard InChI is InChI=1S/C20H19F2NO3S/c21-16-6-12(14-8-15(14)20(24)25)7-17(22)19(16)26-9-13-2-1-3-18(23-13)27-10-11-4-5-11/h1-3,6-7,11,14-15H,4-5,8-10H2,(H,24,25). The summed E-state index contributed by atoms with van der Waals surface area (Å²) in [4.78, 5) is 15.4. The monoisotopic (exact) mass is 391 g/mol. The highest BCUT2D eigenvalue weighted by Gasteiger charge is 2.44. The van der Waals surface area contributed by atoms with Crippen LogP contribution in [0.25, 0.3) is 0 Å². The second kappa shape index (κ2) is 7.46. The molecule has 2 aromatic rings. The van der Waals surface area contributed by atoms with Crippen LogP contribution in [0.5, 0.6) is 5.75 Å². The van der Waals surface area contributed by atoms with Gasteiger partial charge in [0.2, 0.25) is 0 Å². The van der Waals surface area contributed by atoms with Crippen molar-refractivity contribution in [3.05, 3.63) is 53.2 Å². The summed E-state index contributed by atoms with van der Waals surface area (Å²) in [6.45, 7) is -0.0355. The van der Waals surface area contributed by atoms with Crippen LogP contribution in [0.2, 0.25) is 0 Å². The van der Waals surface area contributed by atoms with E-state index in [4.69, 9.17) is 9.84 Å². The number of thioether (sulfide) groups is 1. The van der Waals surface area contributed by atoms with Crippen molar-refractivity contribution in [2.75, 3.05) is 5.75 Å². The highest BCUT2D eigenvalue weighted by Crippen LogP contribution is 2.48. The van der Waals surface area contributed by atoms with Crippen LogP contribution in [0.15, 0.2) is 35.4 Å². The number of carboxylic acids is 1. The summed E-state index contributed by atoms with van der Waals surface area (Å²) >= 11 is 1.68. The highest BCUT2D eigenvalue weighted by atomic mass is 32.2. The van der Waals surface area contributed by atoms with Crippen LogP contribution in [0.1, 0.15) is 36.4 Å². The van der Waals surface area contributed by atoms with Gasteiger partial charge in [-0.3, -0.25) is 4.79 Å². The van der Waals surface area contributed by atoms with Crippen molar-refractivity contribution in [3.63, 3.8) is 0 Å². The molecule has 2 atom stereocenters. The minimum Gasteiger partial charge on any atom is -0.481 e. The lowest BCUT2D eigenvalue weighted by Crippen LogP contribution is -2.04. The van der Waals surface area contributed by atoms with Gasteiger partial charge in [0.25, 0.3) is 0 Å². The normalized spacial score (nSPS) is 21.1. The van der Waals surface area contributed by atoms with Gasteiger partial charge >= 0.3 is 5.97 Å². The van der Waals surface area contributed by atoms with Crippen molar-refractivity contribution in [3.8, 4) is 5.75 Å². The Balaban J connectivity index is 1.40. The number of ether oxygens (including phenoxy) is 1. The van der Waals surface area contributed by atoms with Crippen LogP contribution < -0.4 is 4.74 Å². The maximum absolute atomic E-state index is 14.3. The molecule has 0 amide bonds. The first-order valence-corrected chi connectivity index (χ1v) is 9.93. The van der Waals surface area contributed by atoms with Crippen molar-refractivity contribution in [2.45, 2.75) is 36.8 Å². The smallest absolute Gasteiger partial charge is 0.307 e. The van der Waals surface area contributed by atoms with E-state index in [9.17, 15) is 13.6 Å². The third kappa shape index (κ3) is 4.40. The Morgan fingerprint density at radius 1 is 1.26 bits per heavy atom. The Bertz CT molecular complexity index is 849. The van der Waals surface area contributed by atoms with E-state index in [2.05, 4.69) is 4.98 Å². The molecule has 27 heavy (non-hydrogen) atoms. The minimum absolute atomic E-state index is 0.0355. The lowest BCUT2D eigenvalue weighted by atomic mass is 10.1. The maximum atomic E-state index is 14.3. The van der Waals surface area contributed by atoms with Crippen molar-refractivity contribution < 1.29 is 23.4 Å². The SMILES string of the molecule is O=C(O)C1CC1c1cc(F)c(OCc2cccc(SCC3CC3)n2)c(F)c1. The average Bonchev–Trinajstić information content (AvgIpc) is 3.53. The fourth-order valence-corrected chi connectivity index (χ4v) is 4.12. The summed E-state index contributed by atoms with van der Waals surface area (Å²) in [5.74, 6) is -2.10. The molecule has 2 unspecified atom stereocenters. The van der Waals surface area contributed by atoms with Crippen molar-refractivity contribution >= 4 is 17.7 Å². The fourth-order valence-electron chi connectivity index (χ4n) is 3.02. The van der Waals surface area contributed by atoms with Gasteiger partial charge in [-0.15, -0.1) is 11.8 Å². The summed E-state index contributed by atoms with van der Waals surface area (Å²) in [7, 11) is 0. The number of rotatable bonds is 8. The molecule has 1 N–H and O–H groups in total. The Kier molecular flexibility index (Phi) is 5.04. The number of aromatic nitrogens is 1. The number of benzene rings is 1. The molecule has 4 nitrogen and oxygen atoms in total. The van der Waals surface area contributed by atoms with Crippen LogP contribution in [-0.2, 0) is 11.4 Å². The molecule has 1 aromatic heterocycles. The zero-order valence-corrected chi connectivity index (χ0v) is 15.3. The quantitative estimate of drug-likeness (QED) is 0.665. The molecule has 7 heteroatoms. The number of hydrogen-bond donors (Lipinski definition) is 1. The average molecular weight is 391 g/mol. The van der Waals surface area contributed by atoms with Gasteiger partial charge in [0.15, 0.2) is 17.4 Å². The summed E-state index contributed by atoms with van der Waals surface area (Å²) in [5, 5.41) is 9.84. The summed E-state index contributed by atoms with van der Waals surface area (Å²) < 4.78 is 33.9. The molecule has 2 aliphatic carbocycles. The molecule has 0 bridgehead atoms. The Labute approximate surface area is 160 Å². The lowest BCUT2D eigenvalue weighted by molar-refractivity contribution is -0.138. The molecule has 1 aromatic carbocycles. The molecule has 2 fully saturated rings. The zero-order valence-electron chi connectivity index (χ0n) is 14.5. The molecule has 142 valence electrons. The lowest BCUT2D eigenvalue weighted by Gasteiger charge is -2.10. The third-order valence-electron chi connectivity index (χ3n) is 4.87. The van der Waals surface area contributed by atoms with E-state index >= 15 is 0 Å². The van der Waals surface area contributed by atoms with E-state index in [0.29, 0.717) is 17.7 Å². The minimum atomic E-state index is -0.938. The van der Waals surface area contributed by atoms with Gasteiger partial charge in [-0.2, -0.15) is 0 Å². The molecule has 0 saturated heterocycles. The molecule has 1 heterocycles. The van der Waals surface area contributed by atoms with Gasteiger partial charge in [-0.1, -0.05) is 6.07 Å². The van der Waals surface area contributed by atoms with E-state index in [0.717, 1.165) is 16.7 Å². The van der Waals surface area contributed by atoms with Gasteiger partial charge in [-0.25, -0.2) is 13.8 Å². The van der Waals surface area contributed by atoms with E-state index in [-0.39, 0.29) is 12.5 Å². The number of hydrogen-bond acceptors (Lipinski definition) is 4. The fraction of sp³-hybridized carbons (Fsp3) is 0.400. The number of pyridine rings is 1. The molecular formula is C20H19F2NO3S. The predicted molar refractivity (Wildman–Crippen MR) is 96.9 cm³/mol. The first-order chi connectivity index (χ1) is 13.0. The molecule has 0 spiro atoms. The number of halogens is 2. The Morgan fingerprint density at radius 3 is 2.63 bits per heavy atom. The predicted octanol–water partition coefficient (Wildman–Crippen LogP) is 4.63. The topological polar surface area (TPSA) is 59.4 Å². The van der Waals surface area contributed by atoms with Crippen molar-refractivity contribution in [2.24, 2.45) is 11.8 Å². The van der Waals surface area contributed by atoms with E-state index in [1.165, 1.54) is 25.0 Å². The third-order valence-corrected chi connectivity index (χ3v) is 6.03. The number of carbonyl (C=O) groups is 1. The van der Waals surface area contributed by atoms with Gasteiger partial charge in [0.1, 0.15) is 6.61 Å². The molecule has 0 aliphatic heterocycles. The molecule has 0 radical (unpaired) electrons. The van der Waals surface area contributed by atoms with Crippen molar-refractivity contribution in [1.29, 1.82) is 0 Å². The van der Waals surface area contributed by atoms with Gasteiger partial charge in [0, 0.05) is 5.75 Å². The van der Waals surface area contributed by atoms with E-state index < -0.39 is 29.3 Å². The Hall–Kier alpha value is -2.15. The zero-order chi connectivity index (χ0) is 19.0. The summed E-state index contributed by atoms with van der Waals surface area (Å²) in [6, 6.07) is 7.87. The van der Waals surface area contributed by atoms with Gasteiger partial charge < -0.3 is 9.84 Å². The van der Waals surface area contributed by atoms with Crippen molar-refractivity contribution in [1.82, 2.24) is 4.98 Å². The van der Waals surface area contributed by atoms with Crippen LogP contribution in [0.3, 0.4) is 0 Å². The second-order valence-corrected chi connectivity index (χ2v) is 8.15. The molecule has 2 aliphatic rings. The van der Waals surface area contributed by atoms with Gasteiger partial charge in [-0.05, 0) is 60.9 Å². The van der Waals surface area contributed by atoms with Crippen LogP contribution in [-0.4, -0.2) is 21.8 Å². The second-order valence-electron chi connectivity index (χ2n) is 7.11. The Morgan fingerprint density at radius 2 is 2.00 bits per heavy atom. The first kappa shape index (κ1) is 18.2. The highest BCUT2D eigenvalue weighted by molar-refractivity contribution is 7.99.